The van der Waals surface area contributed by atoms with Crippen LogP contribution in [0.3, 0.4) is 0 Å². The molecule has 0 aliphatic carbocycles. The Morgan fingerprint density at radius 2 is 1.70 bits per heavy atom. The molecule has 1 aromatic carbocycles. The molecule has 0 saturated carbocycles. The van der Waals surface area contributed by atoms with Crippen LogP contribution in [0, 0.1) is 5.92 Å². The van der Waals surface area contributed by atoms with Gasteiger partial charge in [0.2, 0.25) is 0 Å². The van der Waals surface area contributed by atoms with Crippen LogP contribution in [-0.4, -0.2) is 18.3 Å². The first-order valence-electron chi connectivity index (χ1n) is 12.1. The average molecular weight is 475 g/mol. The molecule has 0 amide bonds. The van der Waals surface area contributed by atoms with E-state index in [9.17, 15) is 18.3 Å². The number of halogens is 3. The molecule has 7 heteroatoms. The molecule has 0 fully saturated rings. The van der Waals surface area contributed by atoms with Crippen molar-refractivity contribution in [3.63, 3.8) is 0 Å². The van der Waals surface area contributed by atoms with Crippen molar-refractivity contribution < 1.29 is 23.0 Å². The van der Waals surface area contributed by atoms with Crippen molar-refractivity contribution in [2.75, 3.05) is 13.2 Å². The topological polar surface area (TPSA) is 67.5 Å². The monoisotopic (exact) mass is 474 g/mol. The molecule has 1 aromatic rings. The summed E-state index contributed by atoms with van der Waals surface area (Å²) < 4.78 is 44.6. The highest BCUT2D eigenvalue weighted by Crippen LogP contribution is 2.36. The fourth-order valence-electron chi connectivity index (χ4n) is 2.81. The zero-order chi connectivity index (χ0) is 26.2. The van der Waals surface area contributed by atoms with Crippen molar-refractivity contribution in [3.05, 3.63) is 46.4 Å². The number of benzene rings is 1. The summed E-state index contributed by atoms with van der Waals surface area (Å²) in [5, 5.41) is 13.4. The molecule has 1 unspecified atom stereocenters. The Bertz CT molecular complexity index is 742. The molecule has 4 nitrogen and oxygen atoms in total. The Morgan fingerprint density at radius 1 is 1.12 bits per heavy atom. The quantitative estimate of drug-likeness (QED) is 0.393. The lowest BCUT2D eigenvalue weighted by atomic mass is 10.0. The van der Waals surface area contributed by atoms with Gasteiger partial charge >= 0.3 is 6.18 Å². The molecule has 4 N–H and O–H groups in total. The van der Waals surface area contributed by atoms with Crippen molar-refractivity contribution >= 4 is 5.70 Å². The van der Waals surface area contributed by atoms with E-state index in [1.165, 1.54) is 6.07 Å². The number of ether oxygens (including phenoxy) is 1. The molecule has 33 heavy (non-hydrogen) atoms. The Morgan fingerprint density at radius 3 is 2.18 bits per heavy atom. The fraction of sp³-hybridized carbons (Fsp3) is 0.615. The summed E-state index contributed by atoms with van der Waals surface area (Å²) in [7, 11) is 0. The summed E-state index contributed by atoms with van der Waals surface area (Å²) in [6.45, 7) is 19.0. The van der Waals surface area contributed by atoms with Crippen molar-refractivity contribution in [2.45, 2.75) is 87.8 Å². The van der Waals surface area contributed by atoms with E-state index >= 15 is 0 Å². The highest BCUT2D eigenvalue weighted by molar-refractivity contribution is 5.74. The number of phenols is 1. The summed E-state index contributed by atoms with van der Waals surface area (Å²) in [4.78, 5) is 0. The first-order valence-corrected chi connectivity index (χ1v) is 12.1. The zero-order valence-corrected chi connectivity index (χ0v) is 21.9. The molecule has 0 radical (unpaired) electrons. The number of hydrogen-bond acceptors (Lipinski definition) is 4. The number of alkyl halides is 3. The van der Waals surface area contributed by atoms with E-state index in [-0.39, 0.29) is 5.56 Å². The Labute approximate surface area is 199 Å². The Balaban J connectivity index is 0. The average Bonchev–Trinajstić information content (AvgIpc) is 2.95. The van der Waals surface area contributed by atoms with Gasteiger partial charge in [-0.25, -0.2) is 0 Å². The number of hydrogen-bond donors (Lipinski definition) is 3. The van der Waals surface area contributed by atoms with Gasteiger partial charge in [-0.2, -0.15) is 13.2 Å². The lowest BCUT2D eigenvalue weighted by Crippen LogP contribution is -2.16. The first kappa shape index (κ1) is 32.9. The molecule has 1 atom stereocenters. The van der Waals surface area contributed by atoms with Crippen molar-refractivity contribution in [1.29, 1.82) is 0 Å². The van der Waals surface area contributed by atoms with E-state index in [2.05, 4.69) is 19.2 Å². The third kappa shape index (κ3) is 10.4. The summed E-state index contributed by atoms with van der Waals surface area (Å²) in [5.74, 6) is 0.515. The van der Waals surface area contributed by atoms with Gasteiger partial charge in [-0.1, -0.05) is 61.8 Å². The smallest absolute Gasteiger partial charge is 0.416 e. The van der Waals surface area contributed by atoms with Gasteiger partial charge in [0.05, 0.1) is 17.9 Å². The van der Waals surface area contributed by atoms with Gasteiger partial charge < -0.3 is 20.9 Å². The number of nitrogens with one attached hydrogen (secondary N) is 1. The van der Waals surface area contributed by atoms with Crippen molar-refractivity contribution in [2.24, 2.45) is 11.7 Å². The van der Waals surface area contributed by atoms with Crippen LogP contribution in [0.5, 0.6) is 5.75 Å². The lowest BCUT2D eigenvalue weighted by molar-refractivity contribution is -0.137. The van der Waals surface area contributed by atoms with Crippen LogP contribution >= 0.6 is 0 Å². The molecule has 0 aromatic heterocycles. The highest BCUT2D eigenvalue weighted by atomic mass is 19.4. The summed E-state index contributed by atoms with van der Waals surface area (Å²) >= 11 is 0. The second-order valence-electron chi connectivity index (χ2n) is 6.91. The minimum absolute atomic E-state index is 0.260. The van der Waals surface area contributed by atoms with E-state index in [1.54, 1.807) is 0 Å². The Kier molecular flexibility index (Phi) is 17.1. The van der Waals surface area contributed by atoms with Crippen molar-refractivity contribution in [1.82, 2.24) is 5.32 Å². The van der Waals surface area contributed by atoms with Crippen LogP contribution in [0.25, 0.3) is 5.70 Å². The van der Waals surface area contributed by atoms with Gasteiger partial charge in [0.1, 0.15) is 11.5 Å². The van der Waals surface area contributed by atoms with Gasteiger partial charge in [0.15, 0.2) is 0 Å². The molecule has 0 bridgehead atoms. The van der Waals surface area contributed by atoms with E-state index in [0.717, 1.165) is 30.5 Å². The minimum Gasteiger partial charge on any atom is -0.507 e. The van der Waals surface area contributed by atoms with Crippen LogP contribution in [0.1, 0.15) is 92.7 Å². The fourth-order valence-corrected chi connectivity index (χ4v) is 2.81. The molecule has 0 spiro atoms. The predicted molar refractivity (Wildman–Crippen MR) is 134 cm³/mol. The van der Waals surface area contributed by atoms with Gasteiger partial charge in [0.25, 0.3) is 0 Å². The molecule has 2 rings (SSSR count). The Hall–Kier alpha value is -2.31. The molecule has 1 aliphatic heterocycles. The number of aromatic hydroxyl groups is 1. The first-order chi connectivity index (χ1) is 15.6. The maximum atomic E-state index is 12.9. The second-order valence-corrected chi connectivity index (χ2v) is 6.91. The number of nitrogens with two attached hydrogens (primary N) is 1. The van der Waals surface area contributed by atoms with E-state index < -0.39 is 17.5 Å². The molecule has 192 valence electrons. The standard InChI is InChI=1S/C20H27F3N2O2.3C2H6/c1-4-12(2)8-10-27-19-13(3)16(24)7-9-25-18(19)15-6-5-14(11-17(15)26)20(21,22)23;3*1-2/h5-6,11-12,25-26H,4,7-10,24H2,1-3H3;3*1-2H3. The highest BCUT2D eigenvalue weighted by Gasteiger charge is 2.32. The van der Waals surface area contributed by atoms with Gasteiger partial charge in [0, 0.05) is 29.8 Å². The maximum Gasteiger partial charge on any atom is 0.416 e. The van der Waals surface area contributed by atoms with Crippen LogP contribution in [-0.2, 0) is 10.9 Å². The second kappa shape index (κ2) is 17.2. The van der Waals surface area contributed by atoms with Gasteiger partial charge in [-0.15, -0.1) is 0 Å². The van der Waals surface area contributed by atoms with Crippen LogP contribution < -0.4 is 11.1 Å². The van der Waals surface area contributed by atoms with E-state index in [0.29, 0.717) is 42.6 Å². The molecule has 1 aliphatic rings. The third-order valence-corrected chi connectivity index (χ3v) is 4.89. The third-order valence-electron chi connectivity index (χ3n) is 4.89. The SMILES string of the molecule is CC.CC.CC.CCC(C)CCOC1=C(c2ccc(C(F)(F)F)cc2O)NCCC(N)=C1C. The molecule has 0 saturated heterocycles. The van der Waals surface area contributed by atoms with Crippen molar-refractivity contribution in [3.8, 4) is 5.75 Å². The largest absolute Gasteiger partial charge is 0.507 e. The summed E-state index contributed by atoms with van der Waals surface area (Å²) in [5.41, 5.74) is 7.31. The maximum absolute atomic E-state index is 12.9. The van der Waals surface area contributed by atoms with E-state index in [4.69, 9.17) is 10.5 Å². The van der Waals surface area contributed by atoms with Crippen LogP contribution in [0.2, 0.25) is 0 Å². The molecule has 1 heterocycles. The number of allylic oxidation sites excluding steroid dienone is 1. The normalized spacial score (nSPS) is 14.3. The van der Waals surface area contributed by atoms with Gasteiger partial charge in [-0.3, -0.25) is 0 Å². The van der Waals surface area contributed by atoms with Gasteiger partial charge in [-0.05, 0) is 37.5 Å². The van der Waals surface area contributed by atoms with Crippen LogP contribution in [0.4, 0.5) is 13.2 Å². The predicted octanol–water partition coefficient (Wildman–Crippen LogP) is 7.84. The summed E-state index contributed by atoms with van der Waals surface area (Å²) in [6.07, 6.45) is -2.06. The number of rotatable bonds is 6. The lowest BCUT2D eigenvalue weighted by Gasteiger charge is -2.19. The number of phenolic OH excluding ortho intramolecular Hbond substituents is 1. The van der Waals surface area contributed by atoms with E-state index in [1.807, 2.05) is 48.5 Å². The summed E-state index contributed by atoms with van der Waals surface area (Å²) in [6, 6.07) is 2.94. The molecular formula is C26H45F3N2O2. The molecular weight excluding hydrogens is 429 g/mol. The zero-order valence-electron chi connectivity index (χ0n) is 21.9. The van der Waals surface area contributed by atoms with Crippen LogP contribution in [0.15, 0.2) is 35.2 Å². The minimum atomic E-state index is -4.52.